The highest BCUT2D eigenvalue weighted by atomic mass is 16.5. The third kappa shape index (κ3) is 5.12. The summed E-state index contributed by atoms with van der Waals surface area (Å²) >= 11 is 0. The Labute approximate surface area is 164 Å². The largest absolute Gasteiger partial charge is 0.496 e. The topological polar surface area (TPSA) is 100 Å². The maximum Gasteiger partial charge on any atom is 0.216 e. The quantitative estimate of drug-likeness (QED) is 0.408. The van der Waals surface area contributed by atoms with Gasteiger partial charge in [-0.15, -0.1) is 0 Å². The predicted octanol–water partition coefficient (Wildman–Crippen LogP) is 2.33. The van der Waals surface area contributed by atoms with E-state index < -0.39 is 0 Å². The Morgan fingerprint density at radius 2 is 2.04 bits per heavy atom. The van der Waals surface area contributed by atoms with Gasteiger partial charge in [-0.2, -0.15) is 5.10 Å². The average Bonchev–Trinajstić information content (AvgIpc) is 3.38. The smallest absolute Gasteiger partial charge is 0.216 e. The number of furan rings is 1. The lowest BCUT2D eigenvalue weighted by Crippen LogP contribution is -2.39. The van der Waals surface area contributed by atoms with Crippen LogP contribution in [0.4, 0.5) is 0 Å². The maximum atomic E-state index is 5.43. The Morgan fingerprint density at radius 3 is 2.75 bits per heavy atom. The van der Waals surface area contributed by atoms with Crippen LogP contribution in [-0.4, -0.2) is 48.4 Å². The summed E-state index contributed by atoms with van der Waals surface area (Å²) in [6, 6.07) is 9.86. The molecule has 1 aromatic carbocycles. The molecule has 0 aliphatic rings. The van der Waals surface area contributed by atoms with Gasteiger partial charge in [-0.1, -0.05) is 17.7 Å². The fourth-order valence-corrected chi connectivity index (χ4v) is 2.86. The number of hydrogen-bond acceptors (Lipinski definition) is 5. The van der Waals surface area contributed by atoms with Crippen LogP contribution in [0.1, 0.15) is 17.0 Å². The van der Waals surface area contributed by atoms with Crippen LogP contribution in [0.2, 0.25) is 0 Å². The predicted molar refractivity (Wildman–Crippen MR) is 109 cm³/mol. The van der Waals surface area contributed by atoms with E-state index in [-0.39, 0.29) is 0 Å². The molecule has 3 aromatic rings. The van der Waals surface area contributed by atoms with Crippen molar-refractivity contribution in [3.05, 3.63) is 53.5 Å². The molecule has 0 unspecified atom stereocenters. The number of nitrogens with one attached hydrogen (secondary N) is 3. The molecule has 0 amide bonds. The van der Waals surface area contributed by atoms with Crippen molar-refractivity contribution in [3.63, 3.8) is 0 Å². The van der Waals surface area contributed by atoms with Gasteiger partial charge in [0.15, 0.2) is 11.7 Å². The van der Waals surface area contributed by atoms with E-state index in [1.165, 1.54) is 11.1 Å². The van der Waals surface area contributed by atoms with Crippen molar-refractivity contribution in [2.75, 3.05) is 27.2 Å². The fourth-order valence-electron chi connectivity index (χ4n) is 2.86. The second-order valence-corrected chi connectivity index (χ2v) is 6.32. The molecule has 0 fully saturated rings. The fraction of sp³-hybridized carbons (Fsp3) is 0.350. The summed E-state index contributed by atoms with van der Waals surface area (Å²) < 4.78 is 10.7. The normalized spacial score (nSPS) is 11.5. The minimum absolute atomic E-state index is 0.564. The van der Waals surface area contributed by atoms with Crippen molar-refractivity contribution in [2.45, 2.75) is 19.8 Å². The number of benzene rings is 1. The van der Waals surface area contributed by atoms with Crippen molar-refractivity contribution < 1.29 is 9.15 Å². The van der Waals surface area contributed by atoms with Crippen molar-refractivity contribution in [1.29, 1.82) is 0 Å². The number of aliphatic imine (C=N–C) groups is 1. The second-order valence-electron chi connectivity index (χ2n) is 6.32. The highest BCUT2D eigenvalue weighted by molar-refractivity contribution is 5.79. The van der Waals surface area contributed by atoms with E-state index in [0.29, 0.717) is 24.6 Å². The summed E-state index contributed by atoms with van der Waals surface area (Å²) in [7, 11) is 3.45. The first-order valence-electron chi connectivity index (χ1n) is 9.23. The number of rotatable bonds is 8. The van der Waals surface area contributed by atoms with Gasteiger partial charge in [-0.3, -0.25) is 10.1 Å². The summed E-state index contributed by atoms with van der Waals surface area (Å²) in [5.74, 6) is 3.67. The van der Waals surface area contributed by atoms with Gasteiger partial charge in [0, 0.05) is 26.6 Å². The van der Waals surface area contributed by atoms with E-state index >= 15 is 0 Å². The molecule has 0 spiro atoms. The Morgan fingerprint density at radius 1 is 1.21 bits per heavy atom. The zero-order valence-corrected chi connectivity index (χ0v) is 16.5. The molecule has 0 bridgehead atoms. The van der Waals surface area contributed by atoms with Gasteiger partial charge in [0.2, 0.25) is 5.82 Å². The maximum absolute atomic E-state index is 5.43. The van der Waals surface area contributed by atoms with Gasteiger partial charge in [-0.25, -0.2) is 4.98 Å². The molecule has 3 rings (SSSR count). The Bertz CT molecular complexity index is 901. The third-order valence-corrected chi connectivity index (χ3v) is 4.27. The average molecular weight is 382 g/mol. The van der Waals surface area contributed by atoms with Gasteiger partial charge in [0.1, 0.15) is 11.6 Å². The van der Waals surface area contributed by atoms with Crippen molar-refractivity contribution in [2.24, 2.45) is 4.99 Å². The summed E-state index contributed by atoms with van der Waals surface area (Å²) in [5, 5.41) is 13.7. The highest BCUT2D eigenvalue weighted by Gasteiger charge is 2.08. The standard InChI is InChI=1S/C20H26N6O2/c1-14-6-7-16(27-3)15(13-14)8-10-22-20(21-2)23-11-9-18-24-19(26-25-18)17-5-4-12-28-17/h4-7,12-13H,8-11H2,1-3H3,(H2,21,22,23)(H,24,25,26). The number of aryl methyl sites for hydroxylation is 1. The SMILES string of the molecule is CN=C(NCCc1nc(-c2ccco2)n[nH]1)NCCc1cc(C)ccc1OC. The molecule has 0 aliphatic carbocycles. The van der Waals surface area contributed by atoms with E-state index in [4.69, 9.17) is 9.15 Å². The molecule has 28 heavy (non-hydrogen) atoms. The zero-order valence-electron chi connectivity index (χ0n) is 16.5. The van der Waals surface area contributed by atoms with E-state index in [2.05, 4.69) is 49.9 Å². The Hall–Kier alpha value is -3.29. The van der Waals surface area contributed by atoms with Crippen LogP contribution in [0.5, 0.6) is 5.75 Å². The van der Waals surface area contributed by atoms with E-state index in [9.17, 15) is 0 Å². The lowest BCUT2D eigenvalue weighted by atomic mass is 10.1. The van der Waals surface area contributed by atoms with Gasteiger partial charge in [0.05, 0.1) is 13.4 Å². The van der Waals surface area contributed by atoms with Crippen LogP contribution >= 0.6 is 0 Å². The molecular formula is C20H26N6O2. The monoisotopic (exact) mass is 382 g/mol. The summed E-state index contributed by atoms with van der Waals surface area (Å²) in [4.78, 5) is 8.69. The molecule has 8 nitrogen and oxygen atoms in total. The third-order valence-electron chi connectivity index (χ3n) is 4.27. The summed E-state index contributed by atoms with van der Waals surface area (Å²) in [6.45, 7) is 3.52. The molecule has 0 radical (unpaired) electrons. The minimum Gasteiger partial charge on any atom is -0.496 e. The number of nitrogens with zero attached hydrogens (tertiary/aromatic N) is 3. The summed E-state index contributed by atoms with van der Waals surface area (Å²) in [5.41, 5.74) is 2.40. The zero-order chi connectivity index (χ0) is 19.8. The van der Waals surface area contributed by atoms with Gasteiger partial charge >= 0.3 is 0 Å². The number of H-pyrrole nitrogens is 1. The van der Waals surface area contributed by atoms with E-state index in [0.717, 1.165) is 30.5 Å². The van der Waals surface area contributed by atoms with Gasteiger partial charge in [0.25, 0.3) is 0 Å². The number of methoxy groups -OCH3 is 1. The first-order chi connectivity index (χ1) is 13.7. The number of hydrogen-bond donors (Lipinski definition) is 3. The molecule has 0 saturated carbocycles. The second kappa shape index (κ2) is 9.59. The molecule has 148 valence electrons. The molecule has 0 atom stereocenters. The van der Waals surface area contributed by atoms with Crippen LogP contribution in [0.3, 0.4) is 0 Å². The van der Waals surface area contributed by atoms with Crippen LogP contribution in [0, 0.1) is 6.92 Å². The van der Waals surface area contributed by atoms with Crippen LogP contribution < -0.4 is 15.4 Å². The number of aromatic amines is 1. The lowest BCUT2D eigenvalue weighted by Gasteiger charge is -2.13. The molecule has 2 aromatic heterocycles. The number of aromatic nitrogens is 3. The first kappa shape index (κ1) is 19.5. The van der Waals surface area contributed by atoms with Crippen LogP contribution in [0.15, 0.2) is 46.0 Å². The molecule has 8 heteroatoms. The molecule has 2 heterocycles. The van der Waals surface area contributed by atoms with Gasteiger partial charge < -0.3 is 19.8 Å². The van der Waals surface area contributed by atoms with Crippen LogP contribution in [0.25, 0.3) is 11.6 Å². The number of guanidine groups is 1. The van der Waals surface area contributed by atoms with Gasteiger partial charge in [-0.05, 0) is 37.1 Å². The minimum atomic E-state index is 0.564. The lowest BCUT2D eigenvalue weighted by molar-refractivity contribution is 0.409. The molecule has 3 N–H and O–H groups in total. The first-order valence-corrected chi connectivity index (χ1v) is 9.23. The Kier molecular flexibility index (Phi) is 6.67. The van der Waals surface area contributed by atoms with Crippen molar-refractivity contribution in [1.82, 2.24) is 25.8 Å². The van der Waals surface area contributed by atoms with E-state index in [1.54, 1.807) is 20.4 Å². The highest BCUT2D eigenvalue weighted by Crippen LogP contribution is 2.19. The Balaban J connectivity index is 1.43. The molecule has 0 saturated heterocycles. The molecular weight excluding hydrogens is 356 g/mol. The molecule has 0 aliphatic heterocycles. The number of ether oxygens (including phenoxy) is 1. The van der Waals surface area contributed by atoms with Crippen molar-refractivity contribution >= 4 is 5.96 Å². The van der Waals surface area contributed by atoms with Crippen LogP contribution in [-0.2, 0) is 12.8 Å². The van der Waals surface area contributed by atoms with E-state index in [1.807, 2.05) is 18.2 Å². The van der Waals surface area contributed by atoms with Crippen molar-refractivity contribution in [3.8, 4) is 17.3 Å². The summed E-state index contributed by atoms with van der Waals surface area (Å²) in [6.07, 6.45) is 3.15.